The average molecular weight is 267 g/mol. The molecule has 1 N–H and O–H groups in total. The number of carbonyl (C=O) groups excluding carboxylic acids is 1. The lowest BCUT2D eigenvalue weighted by atomic mass is 10.0. The predicted molar refractivity (Wildman–Crippen MR) is 72.6 cm³/mol. The Kier molecular flexibility index (Phi) is 2.76. The summed E-state index contributed by atoms with van der Waals surface area (Å²) in [6, 6.07) is 7.74. The molecule has 2 heterocycles. The van der Waals surface area contributed by atoms with Gasteiger partial charge in [0.15, 0.2) is 5.78 Å². The molecule has 0 radical (unpaired) electrons. The molecule has 0 saturated carbocycles. The van der Waals surface area contributed by atoms with Gasteiger partial charge in [0, 0.05) is 47.2 Å². The Morgan fingerprint density at radius 3 is 2.85 bits per heavy atom. The van der Waals surface area contributed by atoms with E-state index in [1.807, 2.05) is 0 Å². The van der Waals surface area contributed by atoms with Gasteiger partial charge in [-0.15, -0.1) is 0 Å². The lowest BCUT2D eigenvalue weighted by molar-refractivity contribution is -0.384. The molecule has 0 atom stereocenters. The fraction of sp³-hybridized carbons (Fsp3) is 0. The van der Waals surface area contributed by atoms with Crippen molar-refractivity contribution in [2.24, 2.45) is 0 Å². The fourth-order valence-corrected chi connectivity index (χ4v) is 2.07. The van der Waals surface area contributed by atoms with Crippen LogP contribution in [0.4, 0.5) is 5.69 Å². The molecule has 0 bridgehead atoms. The van der Waals surface area contributed by atoms with Crippen molar-refractivity contribution in [2.75, 3.05) is 0 Å². The van der Waals surface area contributed by atoms with E-state index in [0.29, 0.717) is 22.0 Å². The third-order valence-corrected chi connectivity index (χ3v) is 3.04. The zero-order chi connectivity index (χ0) is 14.1. The summed E-state index contributed by atoms with van der Waals surface area (Å²) in [5.41, 5.74) is 1.50. The second kappa shape index (κ2) is 4.58. The molecule has 0 spiro atoms. The van der Waals surface area contributed by atoms with Crippen LogP contribution in [0.1, 0.15) is 15.9 Å². The maximum atomic E-state index is 12.3. The second-order valence-corrected chi connectivity index (χ2v) is 4.26. The molecule has 0 aliphatic carbocycles. The number of aromatic nitrogens is 2. The van der Waals surface area contributed by atoms with E-state index in [-0.39, 0.29) is 11.5 Å². The third kappa shape index (κ3) is 1.93. The number of H-pyrrole nitrogens is 1. The van der Waals surface area contributed by atoms with E-state index in [2.05, 4.69) is 9.97 Å². The Morgan fingerprint density at radius 1 is 1.30 bits per heavy atom. The SMILES string of the molecule is O=C(c1cccnc1)c1c[nH]c2cc([N+](=O)[O-])ccc12. The molecular formula is C14H9N3O3. The molecule has 0 saturated heterocycles. The van der Waals surface area contributed by atoms with Gasteiger partial charge in [-0.05, 0) is 18.2 Å². The summed E-state index contributed by atoms with van der Waals surface area (Å²) in [4.78, 5) is 29.4. The van der Waals surface area contributed by atoms with Gasteiger partial charge in [0.25, 0.3) is 5.69 Å². The van der Waals surface area contributed by atoms with Crippen molar-refractivity contribution in [3.63, 3.8) is 0 Å². The summed E-state index contributed by atoms with van der Waals surface area (Å²) in [6.45, 7) is 0. The van der Waals surface area contributed by atoms with Gasteiger partial charge in [-0.25, -0.2) is 0 Å². The van der Waals surface area contributed by atoms with Crippen LogP contribution in [0.3, 0.4) is 0 Å². The molecular weight excluding hydrogens is 258 g/mol. The number of fused-ring (bicyclic) bond motifs is 1. The summed E-state index contributed by atoms with van der Waals surface area (Å²) in [5, 5.41) is 11.4. The normalized spacial score (nSPS) is 10.6. The van der Waals surface area contributed by atoms with Gasteiger partial charge in [0.2, 0.25) is 0 Å². The molecule has 0 fully saturated rings. The second-order valence-electron chi connectivity index (χ2n) is 4.26. The maximum absolute atomic E-state index is 12.3. The Bertz CT molecular complexity index is 809. The van der Waals surface area contributed by atoms with Crippen LogP contribution in [0.2, 0.25) is 0 Å². The molecule has 0 unspecified atom stereocenters. The van der Waals surface area contributed by atoms with Crippen molar-refractivity contribution in [1.82, 2.24) is 9.97 Å². The molecule has 0 aliphatic rings. The number of carbonyl (C=O) groups is 1. The van der Waals surface area contributed by atoms with Crippen molar-refractivity contribution in [3.8, 4) is 0 Å². The number of nitro benzene ring substituents is 1. The van der Waals surface area contributed by atoms with Crippen LogP contribution in [0.15, 0.2) is 48.9 Å². The Hall–Kier alpha value is -3.02. The number of ketones is 1. The number of pyridine rings is 1. The van der Waals surface area contributed by atoms with Crippen LogP contribution in [0, 0.1) is 10.1 Å². The van der Waals surface area contributed by atoms with Crippen LogP contribution in [-0.4, -0.2) is 20.7 Å². The molecule has 1 aromatic carbocycles. The average Bonchev–Trinajstić information content (AvgIpc) is 2.90. The van der Waals surface area contributed by atoms with Crippen molar-refractivity contribution in [3.05, 3.63) is 70.2 Å². The molecule has 20 heavy (non-hydrogen) atoms. The first-order chi connectivity index (χ1) is 9.66. The number of hydrogen-bond acceptors (Lipinski definition) is 4. The van der Waals surface area contributed by atoms with Crippen molar-refractivity contribution in [2.45, 2.75) is 0 Å². The van der Waals surface area contributed by atoms with E-state index in [1.165, 1.54) is 18.3 Å². The monoisotopic (exact) mass is 267 g/mol. The number of rotatable bonds is 3. The minimum atomic E-state index is -0.469. The zero-order valence-electron chi connectivity index (χ0n) is 10.2. The van der Waals surface area contributed by atoms with E-state index < -0.39 is 4.92 Å². The Labute approximate surface area is 113 Å². The van der Waals surface area contributed by atoms with Gasteiger partial charge in [-0.2, -0.15) is 0 Å². The first-order valence-corrected chi connectivity index (χ1v) is 5.87. The molecule has 3 rings (SSSR count). The van der Waals surface area contributed by atoms with Gasteiger partial charge < -0.3 is 4.98 Å². The van der Waals surface area contributed by atoms with Crippen LogP contribution >= 0.6 is 0 Å². The topological polar surface area (TPSA) is 88.9 Å². The summed E-state index contributed by atoms with van der Waals surface area (Å²) in [5.74, 6) is -0.168. The van der Waals surface area contributed by atoms with Crippen LogP contribution in [-0.2, 0) is 0 Å². The van der Waals surface area contributed by atoms with Gasteiger partial charge in [0.05, 0.1) is 10.4 Å². The number of nitro groups is 1. The number of nitrogens with one attached hydrogen (secondary N) is 1. The smallest absolute Gasteiger partial charge is 0.271 e. The van der Waals surface area contributed by atoms with Crippen LogP contribution in [0.25, 0.3) is 10.9 Å². The minimum Gasteiger partial charge on any atom is -0.360 e. The highest BCUT2D eigenvalue weighted by molar-refractivity contribution is 6.16. The lowest BCUT2D eigenvalue weighted by Crippen LogP contribution is -2.00. The lowest BCUT2D eigenvalue weighted by Gasteiger charge is -1.98. The largest absolute Gasteiger partial charge is 0.360 e. The highest BCUT2D eigenvalue weighted by Gasteiger charge is 2.16. The van der Waals surface area contributed by atoms with Crippen molar-refractivity contribution >= 4 is 22.4 Å². The van der Waals surface area contributed by atoms with Crippen molar-refractivity contribution < 1.29 is 9.72 Å². The molecule has 6 nitrogen and oxygen atoms in total. The summed E-state index contributed by atoms with van der Waals surface area (Å²) in [7, 11) is 0. The molecule has 98 valence electrons. The Morgan fingerprint density at radius 2 is 2.15 bits per heavy atom. The first-order valence-electron chi connectivity index (χ1n) is 5.87. The summed E-state index contributed by atoms with van der Waals surface area (Å²) in [6.07, 6.45) is 4.64. The summed E-state index contributed by atoms with van der Waals surface area (Å²) < 4.78 is 0. The van der Waals surface area contributed by atoms with Gasteiger partial charge >= 0.3 is 0 Å². The fourth-order valence-electron chi connectivity index (χ4n) is 2.07. The molecule has 0 aliphatic heterocycles. The number of non-ortho nitro benzene ring substituents is 1. The quantitative estimate of drug-likeness (QED) is 0.449. The predicted octanol–water partition coefficient (Wildman–Crippen LogP) is 2.70. The standard InChI is InChI=1S/C14H9N3O3/c18-14(9-2-1-5-15-7-9)12-8-16-13-6-10(17(19)20)3-4-11(12)13/h1-8,16H. The third-order valence-electron chi connectivity index (χ3n) is 3.04. The van der Waals surface area contributed by atoms with E-state index in [4.69, 9.17) is 0 Å². The molecule has 6 heteroatoms. The number of benzene rings is 1. The number of aromatic amines is 1. The molecule has 0 amide bonds. The number of hydrogen-bond donors (Lipinski definition) is 1. The van der Waals surface area contributed by atoms with Crippen LogP contribution < -0.4 is 0 Å². The first kappa shape index (κ1) is 12.0. The van der Waals surface area contributed by atoms with E-state index >= 15 is 0 Å². The number of nitrogens with zero attached hydrogens (tertiary/aromatic N) is 2. The highest BCUT2D eigenvalue weighted by Crippen LogP contribution is 2.24. The van der Waals surface area contributed by atoms with E-state index in [0.717, 1.165) is 0 Å². The van der Waals surface area contributed by atoms with E-state index in [9.17, 15) is 14.9 Å². The zero-order valence-corrected chi connectivity index (χ0v) is 10.2. The molecule has 2 aromatic heterocycles. The van der Waals surface area contributed by atoms with Gasteiger partial charge in [-0.1, -0.05) is 0 Å². The van der Waals surface area contributed by atoms with Crippen LogP contribution in [0.5, 0.6) is 0 Å². The van der Waals surface area contributed by atoms with Gasteiger partial charge in [-0.3, -0.25) is 19.9 Å². The Balaban J connectivity index is 2.09. The summed E-state index contributed by atoms with van der Waals surface area (Å²) >= 11 is 0. The van der Waals surface area contributed by atoms with Gasteiger partial charge in [0.1, 0.15) is 0 Å². The highest BCUT2D eigenvalue weighted by atomic mass is 16.6. The maximum Gasteiger partial charge on any atom is 0.271 e. The minimum absolute atomic E-state index is 0.0141. The molecule has 3 aromatic rings. The van der Waals surface area contributed by atoms with Crippen molar-refractivity contribution in [1.29, 1.82) is 0 Å². The van der Waals surface area contributed by atoms with E-state index in [1.54, 1.807) is 30.6 Å².